The Labute approximate surface area is 261 Å². The predicted octanol–water partition coefficient (Wildman–Crippen LogP) is 4.81. The van der Waals surface area contributed by atoms with E-state index in [0.717, 1.165) is 72.3 Å². The van der Waals surface area contributed by atoms with Crippen LogP contribution in [0.4, 0.5) is 15.3 Å². The molecule has 5 rings (SSSR count). The van der Waals surface area contributed by atoms with Crippen LogP contribution in [0, 0.1) is 13.8 Å². The van der Waals surface area contributed by atoms with Gasteiger partial charge in [-0.2, -0.15) is 0 Å². The number of ether oxygens (including phenoxy) is 2. The Hall–Kier alpha value is -3.63. The van der Waals surface area contributed by atoms with E-state index in [9.17, 15) is 14.4 Å². The molecule has 0 unspecified atom stereocenters. The number of nitrogens with zero attached hydrogens (tertiary/aromatic N) is 4. The van der Waals surface area contributed by atoms with Crippen LogP contribution in [-0.4, -0.2) is 103 Å². The number of hydrogen-bond donors (Lipinski definition) is 1. The number of methoxy groups -OCH3 is 1. The Bertz CT molecular complexity index is 1330. The summed E-state index contributed by atoms with van der Waals surface area (Å²) in [6.07, 6.45) is 4.35. The van der Waals surface area contributed by atoms with Gasteiger partial charge in [0.15, 0.2) is 0 Å². The highest BCUT2D eigenvalue weighted by Gasteiger charge is 2.51. The molecular formula is C34H47N5O5. The zero-order chi connectivity index (χ0) is 31.4. The molecule has 3 aliphatic heterocycles. The van der Waals surface area contributed by atoms with Gasteiger partial charge in [0, 0.05) is 56.8 Å². The number of likely N-dealkylation sites (tertiary alicyclic amines) is 2. The second-order valence-electron chi connectivity index (χ2n) is 12.7. The first kappa shape index (κ1) is 31.8. The second-order valence-corrected chi connectivity index (χ2v) is 12.7. The first-order valence-electron chi connectivity index (χ1n) is 15.8. The van der Waals surface area contributed by atoms with Crippen molar-refractivity contribution in [2.45, 2.75) is 76.7 Å². The SMILES string of the molecule is COc1c(C)cc(COC(=O)N2CC[C@@H](N3CCc4ccccc4NC3=O)C[C@@]2(CC=O)N2CCC(N(C)C)CC2)cc1C. The first-order valence-corrected chi connectivity index (χ1v) is 15.8. The van der Waals surface area contributed by atoms with Gasteiger partial charge < -0.3 is 29.4 Å². The van der Waals surface area contributed by atoms with Crippen LogP contribution < -0.4 is 10.1 Å². The Morgan fingerprint density at radius 3 is 2.43 bits per heavy atom. The van der Waals surface area contributed by atoms with Gasteiger partial charge in [-0.05, 0) is 94.1 Å². The summed E-state index contributed by atoms with van der Waals surface area (Å²) in [4.78, 5) is 48.1. The number of hydrogen-bond acceptors (Lipinski definition) is 7. The van der Waals surface area contributed by atoms with Crippen LogP contribution in [0.3, 0.4) is 0 Å². The molecule has 10 nitrogen and oxygen atoms in total. The number of anilines is 1. The maximum absolute atomic E-state index is 14.0. The third-order valence-electron chi connectivity index (χ3n) is 9.83. The third-order valence-corrected chi connectivity index (χ3v) is 9.83. The largest absolute Gasteiger partial charge is 0.496 e. The van der Waals surface area contributed by atoms with E-state index in [0.29, 0.717) is 32.0 Å². The van der Waals surface area contributed by atoms with Gasteiger partial charge in [0.1, 0.15) is 24.3 Å². The summed E-state index contributed by atoms with van der Waals surface area (Å²) in [6.45, 7) is 6.55. The molecule has 10 heteroatoms. The van der Waals surface area contributed by atoms with Crippen LogP contribution in [0.15, 0.2) is 36.4 Å². The van der Waals surface area contributed by atoms with E-state index >= 15 is 0 Å². The van der Waals surface area contributed by atoms with Crippen LogP contribution in [0.5, 0.6) is 5.75 Å². The number of para-hydroxylation sites is 1. The molecule has 238 valence electrons. The normalized spacial score (nSPS) is 23.1. The van der Waals surface area contributed by atoms with Crippen molar-refractivity contribution < 1.29 is 23.9 Å². The summed E-state index contributed by atoms with van der Waals surface area (Å²) < 4.78 is 11.5. The molecule has 44 heavy (non-hydrogen) atoms. The van der Waals surface area contributed by atoms with Crippen LogP contribution in [-0.2, 0) is 22.6 Å². The summed E-state index contributed by atoms with van der Waals surface area (Å²) in [6, 6.07) is 12.0. The molecule has 3 aliphatic rings. The topological polar surface area (TPSA) is 94.7 Å². The van der Waals surface area contributed by atoms with Crippen molar-refractivity contribution in [1.29, 1.82) is 0 Å². The Morgan fingerprint density at radius 1 is 1.07 bits per heavy atom. The summed E-state index contributed by atoms with van der Waals surface area (Å²) >= 11 is 0. The van der Waals surface area contributed by atoms with Crippen LogP contribution in [0.1, 0.15) is 54.4 Å². The quantitative estimate of drug-likeness (QED) is 0.432. The average molecular weight is 606 g/mol. The minimum atomic E-state index is -0.885. The molecule has 0 bridgehead atoms. The van der Waals surface area contributed by atoms with Gasteiger partial charge >= 0.3 is 12.1 Å². The molecule has 0 radical (unpaired) electrons. The number of carbonyl (C=O) groups excluding carboxylic acids is 3. The molecule has 2 aromatic rings. The number of nitrogens with one attached hydrogen (secondary N) is 1. The third kappa shape index (κ3) is 6.42. The van der Waals surface area contributed by atoms with E-state index in [1.807, 2.05) is 49.1 Å². The standard InChI is InChI=1S/C34H47N5O5/c1-24-20-26(21-25(2)31(24)43-5)23-44-33(42)39-18-13-29(38-17-10-27-8-6-7-9-30(27)35-32(38)41)22-34(39,14-19-40)37-15-11-28(12-16-37)36(3)4/h6-9,19-21,28-29H,10-18,22-23H2,1-5H3,(H,35,41)/t29-,34+/m1/s1. The zero-order valence-electron chi connectivity index (χ0n) is 26.8. The molecule has 2 saturated heterocycles. The number of aryl methyl sites for hydroxylation is 2. The highest BCUT2D eigenvalue weighted by atomic mass is 16.6. The summed E-state index contributed by atoms with van der Waals surface area (Å²) in [5, 5.41) is 3.10. The Kier molecular flexibility index (Phi) is 9.80. The number of fused-ring (bicyclic) bond motifs is 1. The number of rotatable bonds is 8. The Morgan fingerprint density at radius 2 is 1.77 bits per heavy atom. The molecule has 3 heterocycles. The van der Waals surface area contributed by atoms with Crippen molar-refractivity contribution in [2.75, 3.05) is 52.7 Å². The van der Waals surface area contributed by atoms with Gasteiger partial charge in [-0.15, -0.1) is 0 Å². The maximum Gasteiger partial charge on any atom is 0.411 e. The maximum atomic E-state index is 14.0. The molecule has 0 saturated carbocycles. The number of carbonyl (C=O) groups is 3. The molecule has 0 aliphatic carbocycles. The minimum absolute atomic E-state index is 0.122. The van der Waals surface area contributed by atoms with Gasteiger partial charge in [-0.25, -0.2) is 9.59 Å². The summed E-state index contributed by atoms with van der Waals surface area (Å²) in [5.74, 6) is 0.828. The lowest BCUT2D eigenvalue weighted by Gasteiger charge is -2.56. The fraction of sp³-hybridized carbons (Fsp3) is 0.559. The summed E-state index contributed by atoms with van der Waals surface area (Å²) in [7, 11) is 5.85. The van der Waals surface area contributed by atoms with Gasteiger partial charge in [0.25, 0.3) is 0 Å². The minimum Gasteiger partial charge on any atom is -0.496 e. The lowest BCUT2D eigenvalue weighted by atomic mass is 9.84. The second kappa shape index (κ2) is 13.6. The van der Waals surface area contributed by atoms with Crippen molar-refractivity contribution in [2.24, 2.45) is 0 Å². The van der Waals surface area contributed by atoms with Crippen molar-refractivity contribution in [3.8, 4) is 5.75 Å². The number of urea groups is 1. The van der Waals surface area contributed by atoms with Crippen LogP contribution >= 0.6 is 0 Å². The highest BCUT2D eigenvalue weighted by molar-refractivity contribution is 5.91. The zero-order valence-corrected chi connectivity index (χ0v) is 26.8. The first-order chi connectivity index (χ1) is 21.2. The van der Waals surface area contributed by atoms with E-state index in [4.69, 9.17) is 9.47 Å². The van der Waals surface area contributed by atoms with Gasteiger partial charge in [-0.1, -0.05) is 18.2 Å². The fourth-order valence-corrected chi connectivity index (χ4v) is 7.56. The van der Waals surface area contributed by atoms with E-state index < -0.39 is 11.8 Å². The molecule has 3 amide bonds. The molecular weight excluding hydrogens is 558 g/mol. The Balaban J connectivity index is 1.40. The van der Waals surface area contributed by atoms with Gasteiger partial charge in [0.2, 0.25) is 0 Å². The monoisotopic (exact) mass is 605 g/mol. The molecule has 1 N–H and O–H groups in total. The fourth-order valence-electron chi connectivity index (χ4n) is 7.56. The summed E-state index contributed by atoms with van der Waals surface area (Å²) in [5.41, 5.74) is 3.92. The van der Waals surface area contributed by atoms with Gasteiger partial charge in [0.05, 0.1) is 7.11 Å². The van der Waals surface area contributed by atoms with Crippen LogP contribution in [0.2, 0.25) is 0 Å². The smallest absolute Gasteiger partial charge is 0.411 e. The number of amides is 3. The van der Waals surface area contributed by atoms with Crippen molar-refractivity contribution >= 4 is 24.1 Å². The molecule has 2 aromatic carbocycles. The van der Waals surface area contributed by atoms with Crippen LogP contribution in [0.25, 0.3) is 0 Å². The molecule has 2 fully saturated rings. The predicted molar refractivity (Wildman–Crippen MR) is 170 cm³/mol. The molecule has 0 spiro atoms. The van der Waals surface area contributed by atoms with Crippen molar-refractivity contribution in [1.82, 2.24) is 19.6 Å². The number of aldehydes is 1. The van der Waals surface area contributed by atoms with Crippen molar-refractivity contribution in [3.63, 3.8) is 0 Å². The lowest BCUT2D eigenvalue weighted by Crippen LogP contribution is -2.69. The van der Waals surface area contributed by atoms with E-state index in [1.54, 1.807) is 12.0 Å². The molecule has 0 aromatic heterocycles. The molecule has 2 atom stereocenters. The van der Waals surface area contributed by atoms with E-state index in [2.05, 4.69) is 35.3 Å². The van der Waals surface area contributed by atoms with E-state index in [1.165, 1.54) is 0 Å². The lowest BCUT2D eigenvalue weighted by molar-refractivity contribution is -0.128. The highest BCUT2D eigenvalue weighted by Crippen LogP contribution is 2.40. The average Bonchev–Trinajstić information content (AvgIpc) is 3.18. The van der Waals surface area contributed by atoms with Crippen molar-refractivity contribution in [3.05, 3.63) is 58.7 Å². The van der Waals surface area contributed by atoms with Gasteiger partial charge in [-0.3, -0.25) is 9.80 Å². The van der Waals surface area contributed by atoms with E-state index in [-0.39, 0.29) is 25.1 Å². The number of benzene rings is 2. The number of piperidine rings is 2.